The van der Waals surface area contributed by atoms with Crippen molar-refractivity contribution in [2.45, 2.75) is 4.90 Å². The number of nitrogens with zero attached hydrogens (tertiary/aromatic N) is 1. The topological polar surface area (TPSA) is 76.1 Å². The molecule has 2 rings (SSSR count). The lowest BCUT2D eigenvalue weighted by Gasteiger charge is -2.05. The number of carbonyl (C=O) groups is 1. The van der Waals surface area contributed by atoms with Gasteiger partial charge in [0.05, 0.1) is 4.90 Å². The van der Waals surface area contributed by atoms with Gasteiger partial charge in [0.1, 0.15) is 0 Å². The molecule has 0 saturated heterocycles. The molecule has 1 amide bonds. The molecule has 0 bridgehead atoms. The van der Waals surface area contributed by atoms with Crippen LogP contribution < -0.4 is 5.32 Å². The molecule has 0 fully saturated rings. The van der Waals surface area contributed by atoms with Crippen LogP contribution in [0.15, 0.2) is 53.7 Å². The monoisotopic (exact) mass is 276 g/mol. The first-order chi connectivity index (χ1) is 8.97. The van der Waals surface area contributed by atoms with Crippen molar-refractivity contribution in [1.29, 1.82) is 0 Å². The number of benzene rings is 1. The third-order valence-electron chi connectivity index (χ3n) is 2.48. The fraction of sp³-hybridized carbons (Fsp3) is 0.0769. The quantitative estimate of drug-likeness (QED) is 0.926. The van der Waals surface area contributed by atoms with Gasteiger partial charge in [0.2, 0.25) is 0 Å². The Kier molecular flexibility index (Phi) is 3.62. The molecule has 0 spiro atoms. The first-order valence-electron chi connectivity index (χ1n) is 5.48. The highest BCUT2D eigenvalue weighted by atomic mass is 32.2. The van der Waals surface area contributed by atoms with Crippen LogP contribution in [0.2, 0.25) is 0 Å². The molecule has 0 aliphatic rings. The molecule has 98 valence electrons. The van der Waals surface area contributed by atoms with Gasteiger partial charge in [0, 0.05) is 29.9 Å². The van der Waals surface area contributed by atoms with E-state index >= 15 is 0 Å². The Balaban J connectivity index is 2.15. The molecule has 1 aromatic carbocycles. The van der Waals surface area contributed by atoms with Crippen LogP contribution in [-0.2, 0) is 9.84 Å². The summed E-state index contributed by atoms with van der Waals surface area (Å²) >= 11 is 0. The Labute approximate surface area is 111 Å². The maximum Gasteiger partial charge on any atom is 0.255 e. The molecule has 1 aromatic heterocycles. The minimum absolute atomic E-state index is 0.217. The number of sulfone groups is 1. The van der Waals surface area contributed by atoms with Crippen LogP contribution in [0.3, 0.4) is 0 Å². The molecule has 1 N–H and O–H groups in total. The number of amides is 1. The standard InChI is InChI=1S/C13H12N2O3S/c1-19(17,18)12-4-2-11(3-5-12)15-13(16)10-6-8-14-9-7-10/h2-9H,1H3,(H,15,16). The van der Waals surface area contributed by atoms with E-state index in [1.165, 1.54) is 24.5 Å². The summed E-state index contributed by atoms with van der Waals surface area (Å²) in [6, 6.07) is 9.21. The van der Waals surface area contributed by atoms with E-state index in [4.69, 9.17) is 0 Å². The molecule has 2 aromatic rings. The van der Waals surface area contributed by atoms with Gasteiger partial charge in [0.15, 0.2) is 9.84 Å². The molecular weight excluding hydrogens is 264 g/mol. The van der Waals surface area contributed by atoms with Gasteiger partial charge in [0.25, 0.3) is 5.91 Å². The summed E-state index contributed by atoms with van der Waals surface area (Å²) in [4.78, 5) is 15.9. The summed E-state index contributed by atoms with van der Waals surface area (Å²) in [5.41, 5.74) is 1.02. The number of rotatable bonds is 3. The van der Waals surface area contributed by atoms with E-state index in [1.54, 1.807) is 24.3 Å². The summed E-state index contributed by atoms with van der Waals surface area (Å²) in [5, 5.41) is 2.68. The van der Waals surface area contributed by atoms with Gasteiger partial charge in [-0.25, -0.2) is 8.42 Å². The van der Waals surface area contributed by atoms with Crippen molar-refractivity contribution < 1.29 is 13.2 Å². The maximum atomic E-state index is 11.8. The molecule has 0 radical (unpaired) electrons. The molecule has 5 nitrogen and oxygen atoms in total. The normalized spacial score (nSPS) is 11.0. The van der Waals surface area contributed by atoms with E-state index in [0.717, 1.165) is 6.26 Å². The minimum Gasteiger partial charge on any atom is -0.322 e. The van der Waals surface area contributed by atoms with Crippen molar-refractivity contribution in [2.75, 3.05) is 11.6 Å². The summed E-state index contributed by atoms with van der Waals surface area (Å²) < 4.78 is 22.6. The van der Waals surface area contributed by atoms with Crippen LogP contribution in [0.5, 0.6) is 0 Å². The molecular formula is C13H12N2O3S. The smallest absolute Gasteiger partial charge is 0.255 e. The lowest BCUT2D eigenvalue weighted by Crippen LogP contribution is -2.11. The van der Waals surface area contributed by atoms with Crippen LogP contribution in [0.4, 0.5) is 5.69 Å². The van der Waals surface area contributed by atoms with Crippen LogP contribution in [0.1, 0.15) is 10.4 Å². The van der Waals surface area contributed by atoms with Gasteiger partial charge in [-0.05, 0) is 36.4 Å². The van der Waals surface area contributed by atoms with Crippen LogP contribution in [0, 0.1) is 0 Å². The summed E-state index contributed by atoms with van der Waals surface area (Å²) in [6.07, 6.45) is 4.20. The average Bonchev–Trinajstić information content (AvgIpc) is 2.39. The zero-order valence-corrected chi connectivity index (χ0v) is 11.0. The number of carbonyl (C=O) groups excluding carboxylic acids is 1. The minimum atomic E-state index is -3.22. The Morgan fingerprint density at radius 1 is 1.05 bits per heavy atom. The molecule has 0 aliphatic heterocycles. The Morgan fingerprint density at radius 3 is 2.16 bits per heavy atom. The Bertz CT molecular complexity index is 680. The Hall–Kier alpha value is -2.21. The van der Waals surface area contributed by atoms with Gasteiger partial charge >= 0.3 is 0 Å². The van der Waals surface area contributed by atoms with E-state index < -0.39 is 9.84 Å². The van der Waals surface area contributed by atoms with Gasteiger partial charge in [-0.15, -0.1) is 0 Å². The van der Waals surface area contributed by atoms with E-state index in [2.05, 4.69) is 10.3 Å². The highest BCUT2D eigenvalue weighted by molar-refractivity contribution is 7.90. The molecule has 0 aliphatic carbocycles. The highest BCUT2D eigenvalue weighted by Gasteiger charge is 2.08. The van der Waals surface area contributed by atoms with Crippen molar-refractivity contribution in [2.24, 2.45) is 0 Å². The molecule has 19 heavy (non-hydrogen) atoms. The van der Waals surface area contributed by atoms with Crippen molar-refractivity contribution in [1.82, 2.24) is 4.98 Å². The number of hydrogen-bond acceptors (Lipinski definition) is 4. The van der Waals surface area contributed by atoms with E-state index in [-0.39, 0.29) is 10.8 Å². The number of pyridine rings is 1. The second-order valence-corrected chi connectivity index (χ2v) is 6.00. The van der Waals surface area contributed by atoms with Crippen molar-refractivity contribution >= 4 is 21.4 Å². The second kappa shape index (κ2) is 5.19. The third-order valence-corrected chi connectivity index (χ3v) is 3.61. The molecule has 0 atom stereocenters. The predicted octanol–water partition coefficient (Wildman–Crippen LogP) is 1.74. The summed E-state index contributed by atoms with van der Waals surface area (Å²) in [5.74, 6) is -0.269. The largest absolute Gasteiger partial charge is 0.322 e. The zero-order chi connectivity index (χ0) is 13.9. The van der Waals surface area contributed by atoms with Crippen LogP contribution in [0.25, 0.3) is 0 Å². The number of hydrogen-bond donors (Lipinski definition) is 1. The highest BCUT2D eigenvalue weighted by Crippen LogP contribution is 2.14. The van der Waals surface area contributed by atoms with Gasteiger partial charge in [-0.1, -0.05) is 0 Å². The molecule has 0 saturated carbocycles. The fourth-order valence-electron chi connectivity index (χ4n) is 1.49. The van der Waals surface area contributed by atoms with E-state index in [1.807, 2.05) is 0 Å². The van der Waals surface area contributed by atoms with Crippen molar-refractivity contribution in [3.8, 4) is 0 Å². The zero-order valence-electron chi connectivity index (χ0n) is 10.2. The second-order valence-electron chi connectivity index (χ2n) is 3.99. The van der Waals surface area contributed by atoms with Gasteiger partial charge in [-0.2, -0.15) is 0 Å². The van der Waals surface area contributed by atoms with Crippen molar-refractivity contribution in [3.63, 3.8) is 0 Å². The lowest BCUT2D eigenvalue weighted by molar-refractivity contribution is 0.102. The first kappa shape index (κ1) is 13.2. The SMILES string of the molecule is CS(=O)(=O)c1ccc(NC(=O)c2ccncc2)cc1. The summed E-state index contributed by atoms with van der Waals surface area (Å²) in [6.45, 7) is 0. The van der Waals surface area contributed by atoms with Crippen LogP contribution >= 0.6 is 0 Å². The maximum absolute atomic E-state index is 11.8. The van der Waals surface area contributed by atoms with Crippen molar-refractivity contribution in [3.05, 3.63) is 54.4 Å². The number of aromatic nitrogens is 1. The predicted molar refractivity (Wildman–Crippen MR) is 71.7 cm³/mol. The van der Waals surface area contributed by atoms with Crippen LogP contribution in [-0.4, -0.2) is 25.6 Å². The van der Waals surface area contributed by atoms with Gasteiger partial charge < -0.3 is 5.32 Å². The average molecular weight is 276 g/mol. The number of anilines is 1. The molecule has 6 heteroatoms. The number of nitrogens with one attached hydrogen (secondary N) is 1. The first-order valence-corrected chi connectivity index (χ1v) is 7.37. The molecule has 1 heterocycles. The van der Waals surface area contributed by atoms with E-state index in [0.29, 0.717) is 11.3 Å². The summed E-state index contributed by atoms with van der Waals surface area (Å²) in [7, 11) is -3.22. The fourth-order valence-corrected chi connectivity index (χ4v) is 2.12. The van der Waals surface area contributed by atoms with Gasteiger partial charge in [-0.3, -0.25) is 9.78 Å². The lowest BCUT2D eigenvalue weighted by atomic mass is 10.2. The third kappa shape index (κ3) is 3.38. The molecule has 0 unspecified atom stereocenters. The Morgan fingerprint density at radius 2 is 1.63 bits per heavy atom. The van der Waals surface area contributed by atoms with E-state index in [9.17, 15) is 13.2 Å².